The van der Waals surface area contributed by atoms with E-state index < -0.39 is 0 Å². The third kappa shape index (κ3) is 1.52. The van der Waals surface area contributed by atoms with Crippen molar-refractivity contribution in [1.29, 1.82) is 0 Å². The molecule has 0 spiro atoms. The van der Waals surface area contributed by atoms with Crippen molar-refractivity contribution in [1.82, 2.24) is 0 Å². The van der Waals surface area contributed by atoms with E-state index in [1.807, 2.05) is 0 Å². The van der Waals surface area contributed by atoms with Crippen molar-refractivity contribution in [2.24, 2.45) is 23.2 Å². The molecule has 3 fully saturated rings. The lowest BCUT2D eigenvalue weighted by molar-refractivity contribution is -0.103. The molecular formula is C12H22O. The second-order valence-electron chi connectivity index (χ2n) is 5.45. The summed E-state index contributed by atoms with van der Waals surface area (Å²) in [5, 5.41) is 0. The average Bonchev–Trinajstić information content (AvgIpc) is 2.15. The fourth-order valence-electron chi connectivity index (χ4n) is 3.25. The van der Waals surface area contributed by atoms with Crippen LogP contribution in [-0.4, -0.2) is 13.2 Å². The minimum atomic E-state index is 0.655. The molecule has 0 heterocycles. The molecule has 0 aromatic rings. The first-order chi connectivity index (χ1) is 6.14. The Balaban J connectivity index is 1.83. The molecule has 3 saturated carbocycles. The van der Waals surface area contributed by atoms with Gasteiger partial charge < -0.3 is 4.74 Å². The Bertz CT molecular complexity index is 172. The molecule has 0 aliphatic heterocycles. The van der Waals surface area contributed by atoms with Gasteiger partial charge in [-0.1, -0.05) is 13.8 Å². The Morgan fingerprint density at radius 2 is 1.77 bits per heavy atom. The molecule has 3 rings (SSSR count). The first-order valence-electron chi connectivity index (χ1n) is 5.72. The zero-order chi connectivity index (χ0) is 9.47. The Morgan fingerprint density at radius 3 is 2.23 bits per heavy atom. The number of hydrogen-bond acceptors (Lipinski definition) is 1. The van der Waals surface area contributed by atoms with Gasteiger partial charge in [-0.25, -0.2) is 0 Å². The number of ether oxygens (including phenoxy) is 1. The van der Waals surface area contributed by atoms with Crippen LogP contribution in [0.3, 0.4) is 0 Å². The third-order valence-electron chi connectivity index (χ3n) is 4.47. The average molecular weight is 182 g/mol. The highest BCUT2D eigenvalue weighted by molar-refractivity contribution is 5.01. The van der Waals surface area contributed by atoms with Crippen molar-refractivity contribution < 1.29 is 4.74 Å². The zero-order valence-corrected chi connectivity index (χ0v) is 9.18. The van der Waals surface area contributed by atoms with Crippen molar-refractivity contribution in [2.45, 2.75) is 40.0 Å². The van der Waals surface area contributed by atoms with Crippen LogP contribution in [0.2, 0.25) is 0 Å². The summed E-state index contributed by atoms with van der Waals surface area (Å²) in [7, 11) is 0. The molecule has 3 aliphatic rings. The van der Waals surface area contributed by atoms with Gasteiger partial charge in [-0.3, -0.25) is 0 Å². The van der Waals surface area contributed by atoms with E-state index in [1.165, 1.54) is 19.3 Å². The summed E-state index contributed by atoms with van der Waals surface area (Å²) in [6.07, 6.45) is 4.34. The summed E-state index contributed by atoms with van der Waals surface area (Å²) in [4.78, 5) is 0. The largest absolute Gasteiger partial charge is 0.381 e. The molecular weight excluding hydrogens is 160 g/mol. The molecule has 2 bridgehead atoms. The second kappa shape index (κ2) is 3.27. The van der Waals surface area contributed by atoms with E-state index in [1.54, 1.807) is 0 Å². The first kappa shape index (κ1) is 9.51. The van der Waals surface area contributed by atoms with Crippen molar-refractivity contribution in [3.8, 4) is 0 Å². The summed E-state index contributed by atoms with van der Waals surface area (Å²) in [6.45, 7) is 8.88. The fraction of sp³-hybridized carbons (Fsp3) is 1.00. The van der Waals surface area contributed by atoms with E-state index in [2.05, 4.69) is 20.8 Å². The molecule has 0 saturated heterocycles. The third-order valence-corrected chi connectivity index (χ3v) is 4.47. The number of hydrogen-bond donors (Lipinski definition) is 0. The molecule has 2 atom stereocenters. The predicted octanol–water partition coefficient (Wildman–Crippen LogP) is 3.10. The van der Waals surface area contributed by atoms with Crippen LogP contribution in [0.4, 0.5) is 0 Å². The Hall–Kier alpha value is -0.0400. The first-order valence-corrected chi connectivity index (χ1v) is 5.72. The molecule has 1 nitrogen and oxygen atoms in total. The number of fused-ring (bicyclic) bond motifs is 2. The lowest BCUT2D eigenvalue weighted by Gasteiger charge is -2.59. The molecule has 13 heavy (non-hydrogen) atoms. The van der Waals surface area contributed by atoms with Crippen LogP contribution in [0.15, 0.2) is 0 Å². The van der Waals surface area contributed by atoms with Gasteiger partial charge in [0.2, 0.25) is 0 Å². The van der Waals surface area contributed by atoms with E-state index >= 15 is 0 Å². The zero-order valence-electron chi connectivity index (χ0n) is 9.18. The van der Waals surface area contributed by atoms with Crippen LogP contribution < -0.4 is 0 Å². The van der Waals surface area contributed by atoms with E-state index in [0.717, 1.165) is 31.0 Å². The SMILES string of the molecule is CCOCC1CC2CC(C1)C2(C)C. The quantitative estimate of drug-likeness (QED) is 0.651. The molecule has 0 amide bonds. The normalized spacial score (nSPS) is 41.3. The molecule has 1 heteroatoms. The van der Waals surface area contributed by atoms with Crippen LogP contribution in [0.25, 0.3) is 0 Å². The van der Waals surface area contributed by atoms with Gasteiger partial charge in [0.15, 0.2) is 0 Å². The molecule has 3 aliphatic carbocycles. The summed E-state index contributed by atoms with van der Waals surface area (Å²) in [5.74, 6) is 2.87. The highest BCUT2D eigenvalue weighted by atomic mass is 16.5. The Kier molecular flexibility index (Phi) is 2.39. The van der Waals surface area contributed by atoms with Gasteiger partial charge in [0.05, 0.1) is 0 Å². The highest BCUT2D eigenvalue weighted by Gasteiger charge is 2.52. The van der Waals surface area contributed by atoms with Gasteiger partial charge in [-0.05, 0) is 49.4 Å². The van der Waals surface area contributed by atoms with E-state index in [-0.39, 0.29) is 0 Å². The molecule has 0 aromatic carbocycles. The topological polar surface area (TPSA) is 9.23 Å². The van der Waals surface area contributed by atoms with Gasteiger partial charge >= 0.3 is 0 Å². The van der Waals surface area contributed by atoms with Gasteiger partial charge in [-0.15, -0.1) is 0 Å². The Labute approximate surface area is 81.9 Å². The maximum atomic E-state index is 5.51. The maximum Gasteiger partial charge on any atom is 0.0494 e. The van der Waals surface area contributed by atoms with Crippen LogP contribution in [0.1, 0.15) is 40.0 Å². The maximum absolute atomic E-state index is 5.51. The van der Waals surface area contributed by atoms with Gasteiger partial charge in [0, 0.05) is 13.2 Å². The van der Waals surface area contributed by atoms with Crippen molar-refractivity contribution in [2.75, 3.05) is 13.2 Å². The second-order valence-corrected chi connectivity index (χ2v) is 5.45. The monoisotopic (exact) mass is 182 g/mol. The van der Waals surface area contributed by atoms with Crippen LogP contribution >= 0.6 is 0 Å². The van der Waals surface area contributed by atoms with E-state index in [0.29, 0.717) is 5.41 Å². The van der Waals surface area contributed by atoms with Crippen molar-refractivity contribution in [3.63, 3.8) is 0 Å². The van der Waals surface area contributed by atoms with Crippen LogP contribution in [0.5, 0.6) is 0 Å². The van der Waals surface area contributed by atoms with Gasteiger partial charge in [0.1, 0.15) is 0 Å². The van der Waals surface area contributed by atoms with E-state index in [9.17, 15) is 0 Å². The van der Waals surface area contributed by atoms with E-state index in [4.69, 9.17) is 4.74 Å². The van der Waals surface area contributed by atoms with Crippen molar-refractivity contribution in [3.05, 3.63) is 0 Å². The van der Waals surface area contributed by atoms with Gasteiger partial charge in [-0.2, -0.15) is 0 Å². The lowest BCUT2D eigenvalue weighted by atomic mass is 9.47. The molecule has 0 N–H and O–H groups in total. The predicted molar refractivity (Wildman–Crippen MR) is 54.6 cm³/mol. The summed E-state index contributed by atoms with van der Waals surface area (Å²) >= 11 is 0. The molecule has 0 aromatic heterocycles. The number of rotatable bonds is 3. The minimum Gasteiger partial charge on any atom is -0.381 e. The molecule has 76 valence electrons. The molecule has 2 unspecified atom stereocenters. The summed E-state index contributed by atoms with van der Waals surface area (Å²) < 4.78 is 5.51. The van der Waals surface area contributed by atoms with Crippen LogP contribution in [0, 0.1) is 23.2 Å². The summed E-state index contributed by atoms with van der Waals surface area (Å²) in [5.41, 5.74) is 0.655. The lowest BCUT2D eigenvalue weighted by Crippen LogP contribution is -2.51. The van der Waals surface area contributed by atoms with Crippen LogP contribution in [-0.2, 0) is 4.74 Å². The smallest absolute Gasteiger partial charge is 0.0494 e. The highest BCUT2D eigenvalue weighted by Crippen LogP contribution is 2.60. The minimum absolute atomic E-state index is 0.655. The molecule has 0 radical (unpaired) electrons. The Morgan fingerprint density at radius 1 is 1.15 bits per heavy atom. The standard InChI is InChI=1S/C12H22O/c1-4-13-8-9-5-10-7-11(6-9)12(10,2)3/h9-11H,4-8H2,1-3H3. The van der Waals surface area contributed by atoms with Gasteiger partial charge in [0.25, 0.3) is 0 Å². The fourth-order valence-corrected chi connectivity index (χ4v) is 3.25. The summed E-state index contributed by atoms with van der Waals surface area (Å²) in [6, 6.07) is 0. The van der Waals surface area contributed by atoms with Crippen molar-refractivity contribution >= 4 is 0 Å².